The summed E-state index contributed by atoms with van der Waals surface area (Å²) >= 11 is 6.84. The molecule has 0 saturated carbocycles. The Bertz CT molecular complexity index is 1720. The number of rotatable bonds is 8. The minimum atomic E-state index is -3.78. The number of nitrogens with two attached hydrogens (primary N) is 2. The predicted molar refractivity (Wildman–Crippen MR) is 177 cm³/mol. The van der Waals surface area contributed by atoms with Crippen molar-refractivity contribution >= 4 is 77.3 Å². The molecule has 2 atom stereocenters. The second-order valence-electron chi connectivity index (χ2n) is 9.59. The fourth-order valence-corrected chi connectivity index (χ4v) is 6.89. The third kappa shape index (κ3) is 10.1. The van der Waals surface area contributed by atoms with Crippen LogP contribution in [0.25, 0.3) is 0 Å². The van der Waals surface area contributed by atoms with Crippen LogP contribution < -0.4 is 21.5 Å². The molecule has 6 N–H and O–H groups in total. The molecule has 22 heteroatoms. The van der Waals surface area contributed by atoms with Crippen molar-refractivity contribution in [3.05, 3.63) is 79.4 Å². The van der Waals surface area contributed by atoms with Gasteiger partial charge in [0, 0.05) is 42.4 Å². The van der Waals surface area contributed by atoms with Crippen molar-refractivity contribution in [2.75, 3.05) is 30.5 Å². The van der Waals surface area contributed by atoms with E-state index in [0.717, 1.165) is 40.7 Å². The minimum absolute atomic E-state index is 0.184. The van der Waals surface area contributed by atoms with Crippen molar-refractivity contribution < 1.29 is 35.5 Å². The molecule has 0 spiro atoms. The summed E-state index contributed by atoms with van der Waals surface area (Å²) in [4.78, 5) is 26.2. The van der Waals surface area contributed by atoms with Crippen LogP contribution in [0.4, 0.5) is 20.2 Å². The molecule has 3 rings (SSSR count). The zero-order valence-electron chi connectivity index (χ0n) is 24.4. The number of nitrogens with zero attached hydrogens (tertiary/aromatic N) is 4. The van der Waals surface area contributed by atoms with Gasteiger partial charge in [-0.3, -0.25) is 20.2 Å². The highest BCUT2D eigenvalue weighted by molar-refractivity contribution is 14.1. The van der Waals surface area contributed by atoms with Crippen molar-refractivity contribution in [2.45, 2.75) is 24.9 Å². The van der Waals surface area contributed by atoms with Crippen LogP contribution in [-0.2, 0) is 31.1 Å². The Hall–Kier alpha value is -3.35. The van der Waals surface area contributed by atoms with Gasteiger partial charge in [0.2, 0.25) is 26.0 Å². The molecule has 2 aromatic rings. The summed E-state index contributed by atoms with van der Waals surface area (Å²) in [6.45, 7) is 2.70. The van der Waals surface area contributed by atoms with Gasteiger partial charge in [0.25, 0.3) is 11.4 Å². The first-order valence-electron chi connectivity index (χ1n) is 12.1. The fraction of sp³-hybridized carbons (Fsp3) is 0.391. The summed E-state index contributed by atoms with van der Waals surface area (Å²) in [7, 11) is -5.13. The topological polar surface area (TPSA) is 246 Å². The van der Waals surface area contributed by atoms with Crippen LogP contribution in [0.15, 0.2) is 41.4 Å². The van der Waals surface area contributed by atoms with Crippen LogP contribution in [0.1, 0.15) is 25.0 Å². The van der Waals surface area contributed by atoms with Crippen LogP contribution >= 0.6 is 34.8 Å². The van der Waals surface area contributed by atoms with E-state index in [-0.39, 0.29) is 33.6 Å². The molecule has 0 aromatic heterocycles. The van der Waals surface area contributed by atoms with Gasteiger partial charge in [-0.2, -0.15) is 0 Å². The van der Waals surface area contributed by atoms with Crippen molar-refractivity contribution in [3.63, 3.8) is 0 Å². The molecule has 1 heterocycles. The normalized spacial score (nSPS) is 18.5. The van der Waals surface area contributed by atoms with Crippen molar-refractivity contribution in [1.29, 1.82) is 0 Å². The lowest BCUT2D eigenvalue weighted by Crippen LogP contribution is -2.52. The molecule has 2 aromatic carbocycles. The SMILES string of the molecule is CI.CN1C(N)=N[C@](C)(c2cc([N+](=O)[O-])ccc2F)CS1(=O)=O.CNS(=O)(=O)C[C@](C)(NC(N)=S)c1cc([N+](=O)[O-])ccc1F. The van der Waals surface area contributed by atoms with Gasteiger partial charge in [-0.25, -0.2) is 39.6 Å². The lowest BCUT2D eigenvalue weighted by Gasteiger charge is -2.34. The van der Waals surface area contributed by atoms with Gasteiger partial charge >= 0.3 is 0 Å². The van der Waals surface area contributed by atoms with E-state index in [1.54, 1.807) is 0 Å². The fourth-order valence-electron chi connectivity index (χ4n) is 4.08. The molecule has 0 unspecified atom stereocenters. The number of halogens is 3. The third-order valence-corrected chi connectivity index (χ3v) is 9.88. The number of guanidine groups is 1. The summed E-state index contributed by atoms with van der Waals surface area (Å²) in [5.41, 5.74) is 6.68. The molecule has 45 heavy (non-hydrogen) atoms. The molecule has 0 bridgehead atoms. The molecular formula is C23H31F2IN8O8S3. The van der Waals surface area contributed by atoms with E-state index < -0.39 is 64.1 Å². The Balaban J connectivity index is 0.000000427. The van der Waals surface area contributed by atoms with Gasteiger partial charge < -0.3 is 16.8 Å². The zero-order chi connectivity index (χ0) is 35.1. The average Bonchev–Trinajstić information content (AvgIpc) is 2.92. The quantitative estimate of drug-likeness (QED) is 0.0983. The molecule has 0 saturated heterocycles. The van der Waals surface area contributed by atoms with E-state index in [9.17, 15) is 45.8 Å². The monoisotopic (exact) mass is 808 g/mol. The molecule has 1 aliphatic heterocycles. The molecule has 0 fully saturated rings. The molecule has 250 valence electrons. The number of alkyl halides is 1. The summed E-state index contributed by atoms with van der Waals surface area (Å²) in [5.74, 6) is -3.04. The number of hydrogen-bond acceptors (Lipinski definition) is 11. The van der Waals surface area contributed by atoms with E-state index >= 15 is 0 Å². The molecule has 0 aliphatic carbocycles. The summed E-state index contributed by atoms with van der Waals surface area (Å²) in [6.07, 6.45) is 0. The van der Waals surface area contributed by atoms with Crippen LogP contribution in [0.5, 0.6) is 0 Å². The highest BCUT2D eigenvalue weighted by Crippen LogP contribution is 2.35. The van der Waals surface area contributed by atoms with Crippen LogP contribution in [0.2, 0.25) is 0 Å². The number of nitro groups is 2. The van der Waals surface area contributed by atoms with E-state index in [1.807, 2.05) is 4.93 Å². The number of non-ortho nitro benzene ring substituents is 2. The lowest BCUT2D eigenvalue weighted by atomic mass is 9.93. The van der Waals surface area contributed by atoms with Gasteiger partial charge in [0.1, 0.15) is 17.2 Å². The molecule has 16 nitrogen and oxygen atoms in total. The summed E-state index contributed by atoms with van der Waals surface area (Å²) in [5, 5.41) is 23.9. The van der Waals surface area contributed by atoms with Gasteiger partial charge in [0.05, 0.1) is 26.9 Å². The standard InChI is InChI=1S/C11H15FN4O4S2.C11H13FN4O4S.CH3I/c1-11(15-10(13)21,6-22(19,20)14-2)8-5-7(16(17)18)3-4-9(8)12;1-11(6-21(19,20)15(2)10(13)14-11)8-5-7(16(17)18)3-4-9(8)12;1-2/h3-5,14H,6H2,1-2H3,(H3,13,15,21);3-5H,6H2,1-2H3,(H2,13,14);1H3/t2*11-;/m00./s1. The van der Waals surface area contributed by atoms with Gasteiger partial charge in [-0.1, -0.05) is 22.6 Å². The van der Waals surface area contributed by atoms with Gasteiger partial charge in [-0.15, -0.1) is 0 Å². The van der Waals surface area contributed by atoms with E-state index in [1.165, 1.54) is 27.9 Å². The molecule has 0 radical (unpaired) electrons. The third-order valence-electron chi connectivity index (χ3n) is 6.25. The Morgan fingerprint density at radius 3 is 2.09 bits per heavy atom. The average molecular weight is 809 g/mol. The number of hydrogen-bond donors (Lipinski definition) is 4. The van der Waals surface area contributed by atoms with Crippen molar-refractivity contribution in [3.8, 4) is 0 Å². The van der Waals surface area contributed by atoms with Crippen LogP contribution in [0, 0.1) is 31.9 Å². The van der Waals surface area contributed by atoms with E-state index in [2.05, 4.69) is 37.6 Å². The number of aliphatic imine (C=N–C) groups is 1. The highest BCUT2D eigenvalue weighted by atomic mass is 127. The summed E-state index contributed by atoms with van der Waals surface area (Å²) in [6, 6.07) is 5.71. The van der Waals surface area contributed by atoms with Crippen molar-refractivity contribution in [2.24, 2.45) is 16.5 Å². The Morgan fingerprint density at radius 1 is 1.16 bits per heavy atom. The van der Waals surface area contributed by atoms with E-state index in [0.29, 0.717) is 0 Å². The minimum Gasteiger partial charge on any atom is -0.376 e. The number of sulfonamides is 2. The van der Waals surface area contributed by atoms with Crippen LogP contribution in [-0.4, -0.2) is 72.6 Å². The second kappa shape index (κ2) is 15.3. The zero-order valence-corrected chi connectivity index (χ0v) is 29.1. The Morgan fingerprint density at radius 2 is 1.64 bits per heavy atom. The number of nitro benzene ring substituents is 2. The predicted octanol–water partition coefficient (Wildman–Crippen LogP) is 1.92. The maximum atomic E-state index is 14.1. The smallest absolute Gasteiger partial charge is 0.270 e. The second-order valence-corrected chi connectivity index (χ2v) is 14.0. The maximum Gasteiger partial charge on any atom is 0.270 e. The first kappa shape index (κ1) is 39.7. The maximum absolute atomic E-state index is 14.1. The van der Waals surface area contributed by atoms with Crippen LogP contribution in [0.3, 0.4) is 0 Å². The van der Waals surface area contributed by atoms with Crippen molar-refractivity contribution in [1.82, 2.24) is 14.3 Å². The highest BCUT2D eigenvalue weighted by Gasteiger charge is 2.42. The largest absolute Gasteiger partial charge is 0.376 e. The Labute approximate surface area is 277 Å². The molecule has 0 amide bonds. The van der Waals surface area contributed by atoms with E-state index in [4.69, 9.17) is 23.7 Å². The Kier molecular flexibility index (Phi) is 13.5. The van der Waals surface area contributed by atoms with Gasteiger partial charge in [0.15, 0.2) is 5.11 Å². The molecule has 1 aliphatic rings. The summed E-state index contributed by atoms with van der Waals surface area (Å²) < 4.78 is 78.6. The van der Waals surface area contributed by atoms with Gasteiger partial charge in [-0.05, 0) is 50.2 Å². The molecular weight excluding hydrogens is 777 g/mol. The first-order valence-corrected chi connectivity index (χ1v) is 18.0. The first-order chi connectivity index (χ1) is 20.6. The lowest BCUT2D eigenvalue weighted by molar-refractivity contribution is -0.385. The number of thiocarbonyl (C=S) groups is 1. The number of nitrogens with one attached hydrogen (secondary N) is 2. The number of benzene rings is 2.